The van der Waals surface area contributed by atoms with Crippen LogP contribution in [0, 0.1) is 0 Å². The number of ether oxygens (including phenoxy) is 1. The molecule has 0 aliphatic heterocycles. The summed E-state index contributed by atoms with van der Waals surface area (Å²) >= 11 is 0. The summed E-state index contributed by atoms with van der Waals surface area (Å²) in [6, 6.07) is 16.8. The molecular weight excluding hydrogens is 454 g/mol. The maximum Gasteiger partial charge on any atom is 0.322 e. The highest BCUT2D eigenvalue weighted by atomic mass is 16.5. The van der Waals surface area contributed by atoms with E-state index in [-0.39, 0.29) is 23.9 Å². The van der Waals surface area contributed by atoms with Gasteiger partial charge in [-0.25, -0.2) is 9.48 Å². The van der Waals surface area contributed by atoms with Crippen LogP contribution in [0.2, 0.25) is 0 Å². The van der Waals surface area contributed by atoms with Crippen molar-refractivity contribution < 1.29 is 14.3 Å². The molecule has 3 amide bonds. The van der Waals surface area contributed by atoms with Gasteiger partial charge in [0, 0.05) is 23.7 Å². The highest BCUT2D eigenvalue weighted by Gasteiger charge is 2.23. The Hall–Kier alpha value is -3.81. The van der Waals surface area contributed by atoms with Crippen molar-refractivity contribution in [1.82, 2.24) is 14.7 Å². The van der Waals surface area contributed by atoms with Gasteiger partial charge in [-0.15, -0.1) is 0 Å². The summed E-state index contributed by atoms with van der Waals surface area (Å²) in [6.45, 7) is 10.6. The van der Waals surface area contributed by atoms with E-state index in [0.29, 0.717) is 18.1 Å². The molecule has 1 aromatic heterocycles. The summed E-state index contributed by atoms with van der Waals surface area (Å²) in [6.07, 6.45) is 1.61. The number of nitrogens with zero attached hydrogens (tertiary/aromatic N) is 3. The van der Waals surface area contributed by atoms with E-state index in [1.54, 1.807) is 11.8 Å². The molecule has 3 rings (SSSR count). The van der Waals surface area contributed by atoms with Crippen LogP contribution in [0.1, 0.15) is 52.3 Å². The first-order chi connectivity index (χ1) is 17.1. The number of amides is 3. The van der Waals surface area contributed by atoms with Gasteiger partial charge in [-0.2, -0.15) is 5.10 Å². The maximum absolute atomic E-state index is 13.1. The number of aryl methyl sites for hydroxylation is 1. The number of carbonyl (C=O) groups excluding carboxylic acids is 2. The SMILES string of the molecule is CCCN(CC(=O)Nc1cc(C(C)(C)C)nn1-c1ccc(OC)cc1)C(=O)Nc1cccc(CC)c1. The Morgan fingerprint density at radius 2 is 1.75 bits per heavy atom. The Kier molecular flexibility index (Phi) is 8.74. The molecule has 3 aromatic rings. The first kappa shape index (κ1) is 26.8. The van der Waals surface area contributed by atoms with Crippen LogP contribution in [0.3, 0.4) is 0 Å². The number of benzene rings is 2. The molecule has 0 fully saturated rings. The number of hydrogen-bond donors (Lipinski definition) is 2. The highest BCUT2D eigenvalue weighted by molar-refractivity contribution is 5.96. The number of rotatable bonds is 9. The lowest BCUT2D eigenvalue weighted by Gasteiger charge is -2.22. The summed E-state index contributed by atoms with van der Waals surface area (Å²) in [5, 5.41) is 10.6. The van der Waals surface area contributed by atoms with Gasteiger partial charge < -0.3 is 20.3 Å². The van der Waals surface area contributed by atoms with Crippen molar-refractivity contribution in [3.8, 4) is 11.4 Å². The van der Waals surface area contributed by atoms with Crippen LogP contribution in [-0.4, -0.2) is 46.8 Å². The summed E-state index contributed by atoms with van der Waals surface area (Å²) in [5.74, 6) is 0.983. The summed E-state index contributed by atoms with van der Waals surface area (Å²) in [7, 11) is 1.62. The molecule has 0 saturated heterocycles. The number of urea groups is 1. The third kappa shape index (κ3) is 6.87. The summed E-state index contributed by atoms with van der Waals surface area (Å²) in [5.41, 5.74) is 3.27. The lowest BCUT2D eigenvalue weighted by atomic mass is 9.92. The van der Waals surface area contributed by atoms with E-state index in [0.717, 1.165) is 35.5 Å². The van der Waals surface area contributed by atoms with E-state index in [1.807, 2.05) is 61.5 Å². The number of anilines is 2. The van der Waals surface area contributed by atoms with Crippen molar-refractivity contribution in [1.29, 1.82) is 0 Å². The highest BCUT2D eigenvalue weighted by Crippen LogP contribution is 2.27. The molecule has 0 atom stereocenters. The van der Waals surface area contributed by atoms with Crippen molar-refractivity contribution in [2.75, 3.05) is 30.8 Å². The second-order valence-corrected chi connectivity index (χ2v) is 9.73. The molecule has 0 radical (unpaired) electrons. The van der Waals surface area contributed by atoms with Crippen molar-refractivity contribution in [3.63, 3.8) is 0 Å². The van der Waals surface area contributed by atoms with Crippen molar-refractivity contribution in [2.45, 2.75) is 52.9 Å². The molecule has 1 heterocycles. The third-order valence-corrected chi connectivity index (χ3v) is 5.76. The van der Waals surface area contributed by atoms with Gasteiger partial charge in [0.15, 0.2) is 0 Å². The molecular formula is C28H37N5O3. The molecule has 192 valence electrons. The minimum atomic E-state index is -0.306. The van der Waals surface area contributed by atoms with Crippen LogP contribution in [0.15, 0.2) is 54.6 Å². The maximum atomic E-state index is 13.1. The zero-order valence-corrected chi connectivity index (χ0v) is 22.1. The number of hydrogen-bond acceptors (Lipinski definition) is 4. The van der Waals surface area contributed by atoms with Crippen molar-refractivity contribution in [2.24, 2.45) is 0 Å². The van der Waals surface area contributed by atoms with Gasteiger partial charge >= 0.3 is 6.03 Å². The Morgan fingerprint density at radius 1 is 1.03 bits per heavy atom. The van der Waals surface area contributed by atoms with E-state index in [4.69, 9.17) is 9.84 Å². The first-order valence-electron chi connectivity index (χ1n) is 12.3. The first-order valence-corrected chi connectivity index (χ1v) is 12.3. The molecule has 36 heavy (non-hydrogen) atoms. The van der Waals surface area contributed by atoms with Gasteiger partial charge in [-0.3, -0.25) is 4.79 Å². The average molecular weight is 492 g/mol. The molecule has 8 nitrogen and oxygen atoms in total. The van der Waals surface area contributed by atoms with Gasteiger partial charge in [0.05, 0.1) is 18.5 Å². The Labute approximate surface area is 213 Å². The molecule has 8 heteroatoms. The zero-order chi connectivity index (χ0) is 26.3. The van der Waals surface area contributed by atoms with E-state index in [9.17, 15) is 9.59 Å². The molecule has 0 spiro atoms. The minimum Gasteiger partial charge on any atom is -0.497 e. The minimum absolute atomic E-state index is 0.0776. The van der Waals surface area contributed by atoms with Gasteiger partial charge in [0.1, 0.15) is 18.1 Å². The number of aromatic nitrogens is 2. The Balaban J connectivity index is 1.79. The molecule has 0 saturated carbocycles. The fourth-order valence-electron chi connectivity index (χ4n) is 3.71. The standard InChI is InChI=1S/C28H37N5O3/c1-7-16-32(27(35)29-21-11-9-10-20(8-2)17-21)19-26(34)30-25-18-24(28(3,4)5)31-33(25)22-12-14-23(36-6)15-13-22/h9-15,17-18H,7-8,16,19H2,1-6H3,(H,29,35)(H,30,34). The number of carbonyl (C=O) groups is 2. The molecule has 0 aliphatic carbocycles. The van der Waals surface area contributed by atoms with Crippen molar-refractivity contribution >= 4 is 23.4 Å². The van der Waals surface area contributed by atoms with Gasteiger partial charge in [0.25, 0.3) is 0 Å². The molecule has 0 bridgehead atoms. The Morgan fingerprint density at radius 3 is 2.36 bits per heavy atom. The monoisotopic (exact) mass is 491 g/mol. The topological polar surface area (TPSA) is 88.5 Å². The summed E-state index contributed by atoms with van der Waals surface area (Å²) in [4.78, 5) is 27.6. The number of methoxy groups -OCH3 is 1. The smallest absolute Gasteiger partial charge is 0.322 e. The van der Waals surface area contributed by atoms with Crippen LogP contribution in [0.5, 0.6) is 5.75 Å². The normalized spacial score (nSPS) is 11.2. The zero-order valence-electron chi connectivity index (χ0n) is 22.1. The van der Waals surface area contributed by atoms with Crippen LogP contribution in [0.25, 0.3) is 5.69 Å². The Bertz CT molecular complexity index is 1180. The second kappa shape index (κ2) is 11.7. The third-order valence-electron chi connectivity index (χ3n) is 5.76. The average Bonchev–Trinajstić information content (AvgIpc) is 3.28. The van der Waals surface area contributed by atoms with E-state index < -0.39 is 0 Å². The molecule has 2 N–H and O–H groups in total. The molecule has 2 aromatic carbocycles. The van der Waals surface area contributed by atoms with Gasteiger partial charge in [-0.1, -0.05) is 46.8 Å². The fraction of sp³-hybridized carbons (Fsp3) is 0.393. The number of nitrogens with one attached hydrogen (secondary N) is 2. The lowest BCUT2D eigenvalue weighted by molar-refractivity contribution is -0.116. The molecule has 0 aliphatic rings. The predicted octanol–water partition coefficient (Wildman–Crippen LogP) is 5.62. The van der Waals surface area contributed by atoms with Crippen LogP contribution < -0.4 is 15.4 Å². The molecule has 0 unspecified atom stereocenters. The van der Waals surface area contributed by atoms with Gasteiger partial charge in [-0.05, 0) is 54.8 Å². The summed E-state index contributed by atoms with van der Waals surface area (Å²) < 4.78 is 6.97. The van der Waals surface area contributed by atoms with Gasteiger partial charge in [0.2, 0.25) is 5.91 Å². The largest absolute Gasteiger partial charge is 0.497 e. The van der Waals surface area contributed by atoms with E-state index in [1.165, 1.54) is 4.90 Å². The lowest BCUT2D eigenvalue weighted by Crippen LogP contribution is -2.41. The fourth-order valence-corrected chi connectivity index (χ4v) is 3.71. The van der Waals surface area contributed by atoms with Crippen LogP contribution in [0.4, 0.5) is 16.3 Å². The predicted molar refractivity (Wildman–Crippen MR) is 144 cm³/mol. The van der Waals surface area contributed by atoms with Crippen LogP contribution in [-0.2, 0) is 16.6 Å². The quantitative estimate of drug-likeness (QED) is 0.406. The second-order valence-electron chi connectivity index (χ2n) is 9.73. The van der Waals surface area contributed by atoms with E-state index >= 15 is 0 Å². The van der Waals surface area contributed by atoms with Crippen molar-refractivity contribution in [3.05, 3.63) is 65.9 Å². The van der Waals surface area contributed by atoms with Crippen LogP contribution >= 0.6 is 0 Å². The van der Waals surface area contributed by atoms with E-state index in [2.05, 4.69) is 38.3 Å².